The highest BCUT2D eigenvalue weighted by Crippen LogP contribution is 2.34. The van der Waals surface area contributed by atoms with E-state index < -0.39 is 0 Å². The second-order valence-electron chi connectivity index (χ2n) is 7.73. The number of nitriles is 1. The number of carbonyl (C=O) groups is 1. The summed E-state index contributed by atoms with van der Waals surface area (Å²) in [6.07, 6.45) is 0.226. The highest BCUT2D eigenvalue weighted by molar-refractivity contribution is 7.99. The van der Waals surface area contributed by atoms with Gasteiger partial charge in [0.2, 0.25) is 5.91 Å². The average molecular weight is 468 g/mol. The van der Waals surface area contributed by atoms with E-state index in [1.54, 1.807) is 0 Å². The normalized spacial score (nSPS) is 10.5. The molecular weight excluding hydrogens is 445 g/mol. The van der Waals surface area contributed by atoms with E-state index in [2.05, 4.69) is 11.4 Å². The maximum Gasteiger partial charge on any atom is 0.225 e. The molecule has 1 N–H and O–H groups in total. The summed E-state index contributed by atoms with van der Waals surface area (Å²) >= 11 is 1.38. The lowest BCUT2D eigenvalue weighted by molar-refractivity contribution is -0.115. The molecule has 1 aromatic heterocycles. The molecule has 4 nitrogen and oxygen atoms in total. The fourth-order valence-corrected chi connectivity index (χ4v) is 4.39. The molecule has 0 fully saturated rings. The van der Waals surface area contributed by atoms with E-state index in [1.807, 2.05) is 67.6 Å². The Kier molecular flexibility index (Phi) is 7.36. The maximum absolute atomic E-state index is 13.1. The topological polar surface area (TPSA) is 65.8 Å². The third kappa shape index (κ3) is 5.69. The van der Waals surface area contributed by atoms with Crippen LogP contribution in [-0.4, -0.2) is 16.6 Å². The van der Waals surface area contributed by atoms with Crippen molar-refractivity contribution in [3.63, 3.8) is 0 Å². The molecule has 0 atom stereocenters. The summed E-state index contributed by atoms with van der Waals surface area (Å²) in [5, 5.41) is 13.3. The zero-order chi connectivity index (χ0) is 23.9. The Labute approximate surface area is 202 Å². The molecule has 0 aliphatic rings. The highest BCUT2D eigenvalue weighted by atomic mass is 32.2. The molecule has 0 aliphatic carbocycles. The van der Waals surface area contributed by atoms with Gasteiger partial charge in [-0.05, 0) is 42.8 Å². The first-order valence-corrected chi connectivity index (χ1v) is 11.8. The van der Waals surface area contributed by atoms with Gasteiger partial charge in [-0.2, -0.15) is 5.26 Å². The Balaban J connectivity index is 1.59. The molecule has 168 valence electrons. The van der Waals surface area contributed by atoms with Gasteiger partial charge in [0.1, 0.15) is 16.9 Å². The van der Waals surface area contributed by atoms with Gasteiger partial charge < -0.3 is 5.32 Å². The number of aromatic nitrogens is 1. The van der Waals surface area contributed by atoms with Crippen LogP contribution in [-0.2, 0) is 4.79 Å². The third-order valence-electron chi connectivity index (χ3n) is 5.23. The van der Waals surface area contributed by atoms with E-state index >= 15 is 0 Å². The quantitative estimate of drug-likeness (QED) is 0.302. The Bertz CT molecular complexity index is 1330. The van der Waals surface area contributed by atoms with Crippen molar-refractivity contribution in [2.24, 2.45) is 0 Å². The molecule has 1 amide bonds. The second-order valence-corrected chi connectivity index (χ2v) is 8.82. The highest BCUT2D eigenvalue weighted by Gasteiger charge is 2.16. The van der Waals surface area contributed by atoms with Gasteiger partial charge in [0, 0.05) is 29.0 Å². The van der Waals surface area contributed by atoms with E-state index in [1.165, 1.54) is 36.0 Å². The van der Waals surface area contributed by atoms with E-state index in [4.69, 9.17) is 4.98 Å². The number of hydrogen-bond acceptors (Lipinski definition) is 4. The van der Waals surface area contributed by atoms with Gasteiger partial charge in [-0.25, -0.2) is 9.37 Å². The minimum absolute atomic E-state index is 0.185. The van der Waals surface area contributed by atoms with Crippen molar-refractivity contribution in [2.45, 2.75) is 18.4 Å². The lowest BCUT2D eigenvalue weighted by Gasteiger charge is -2.13. The van der Waals surface area contributed by atoms with Crippen LogP contribution in [0.1, 0.15) is 17.5 Å². The Hall–Kier alpha value is -3.95. The molecule has 0 saturated heterocycles. The summed E-state index contributed by atoms with van der Waals surface area (Å²) in [7, 11) is 0. The average Bonchev–Trinajstić information content (AvgIpc) is 2.86. The molecule has 0 bridgehead atoms. The van der Waals surface area contributed by atoms with Gasteiger partial charge in [-0.1, -0.05) is 60.2 Å². The van der Waals surface area contributed by atoms with Gasteiger partial charge in [0.25, 0.3) is 0 Å². The molecule has 3 aromatic carbocycles. The number of halogens is 1. The summed E-state index contributed by atoms with van der Waals surface area (Å²) in [6.45, 7) is 2.02. The van der Waals surface area contributed by atoms with Crippen LogP contribution in [0.25, 0.3) is 22.4 Å². The summed E-state index contributed by atoms with van der Waals surface area (Å²) < 4.78 is 13.1. The molecule has 0 spiro atoms. The van der Waals surface area contributed by atoms with Crippen LogP contribution in [0.2, 0.25) is 0 Å². The number of benzene rings is 3. The minimum atomic E-state index is -0.355. The number of aryl methyl sites for hydroxylation is 1. The van der Waals surface area contributed by atoms with Crippen molar-refractivity contribution in [3.05, 3.63) is 102 Å². The number of thioether (sulfide) groups is 1. The van der Waals surface area contributed by atoms with Crippen LogP contribution in [0, 0.1) is 24.1 Å². The van der Waals surface area contributed by atoms with Crippen molar-refractivity contribution < 1.29 is 9.18 Å². The number of nitrogens with one attached hydrogen (secondary N) is 1. The van der Waals surface area contributed by atoms with Gasteiger partial charge >= 0.3 is 0 Å². The summed E-state index contributed by atoms with van der Waals surface area (Å²) in [6, 6.07) is 27.8. The Morgan fingerprint density at radius 3 is 2.38 bits per heavy atom. The molecule has 0 saturated carbocycles. The Morgan fingerprint density at radius 2 is 1.71 bits per heavy atom. The van der Waals surface area contributed by atoms with Gasteiger partial charge in [0.05, 0.1) is 11.3 Å². The fourth-order valence-electron chi connectivity index (χ4n) is 3.45. The van der Waals surface area contributed by atoms with Gasteiger partial charge in [0.15, 0.2) is 0 Å². The van der Waals surface area contributed by atoms with Crippen LogP contribution in [0.15, 0.2) is 90.0 Å². The zero-order valence-electron chi connectivity index (χ0n) is 18.6. The van der Waals surface area contributed by atoms with Crippen LogP contribution in [0.4, 0.5) is 10.1 Å². The largest absolute Gasteiger partial charge is 0.326 e. The number of rotatable bonds is 7. The SMILES string of the molecule is Cc1ccc(-c2cc(-c3ccccc3)nc(SCCC(=O)Nc3ccc(F)cc3)c2C#N)cc1. The Morgan fingerprint density at radius 1 is 1.00 bits per heavy atom. The standard InChI is InChI=1S/C28H22FN3OS/c1-19-7-9-20(10-8-19)24-17-26(21-5-3-2-4-6-21)32-28(25(24)18-30)34-16-15-27(33)31-23-13-11-22(29)12-14-23/h2-14,17H,15-16H2,1H3,(H,31,33). The molecule has 1 heterocycles. The van der Waals surface area contributed by atoms with Crippen molar-refractivity contribution in [2.75, 3.05) is 11.1 Å². The number of nitrogens with zero attached hydrogens (tertiary/aromatic N) is 2. The van der Waals surface area contributed by atoms with Crippen molar-refractivity contribution >= 4 is 23.4 Å². The molecule has 0 aliphatic heterocycles. The molecular formula is C28H22FN3OS. The first kappa shape index (κ1) is 23.2. The maximum atomic E-state index is 13.1. The molecule has 6 heteroatoms. The van der Waals surface area contributed by atoms with E-state index in [0.717, 1.165) is 27.9 Å². The van der Waals surface area contributed by atoms with E-state index in [9.17, 15) is 14.4 Å². The predicted octanol–water partition coefficient (Wildman–Crippen LogP) is 6.86. The third-order valence-corrected chi connectivity index (χ3v) is 6.20. The predicted molar refractivity (Wildman–Crippen MR) is 135 cm³/mol. The molecule has 0 radical (unpaired) electrons. The van der Waals surface area contributed by atoms with Crippen LogP contribution < -0.4 is 5.32 Å². The number of hydrogen-bond donors (Lipinski definition) is 1. The zero-order valence-corrected chi connectivity index (χ0v) is 19.4. The van der Waals surface area contributed by atoms with Crippen LogP contribution in [0.5, 0.6) is 0 Å². The first-order chi connectivity index (χ1) is 16.5. The monoisotopic (exact) mass is 467 g/mol. The summed E-state index contributed by atoms with van der Waals surface area (Å²) in [4.78, 5) is 17.1. The van der Waals surface area contributed by atoms with Gasteiger partial charge in [-0.15, -0.1) is 11.8 Å². The summed E-state index contributed by atoms with van der Waals surface area (Å²) in [5.74, 6) is -0.0952. The van der Waals surface area contributed by atoms with Gasteiger partial charge in [-0.3, -0.25) is 4.79 Å². The van der Waals surface area contributed by atoms with Crippen molar-refractivity contribution in [1.82, 2.24) is 4.98 Å². The van der Waals surface area contributed by atoms with Crippen molar-refractivity contribution in [1.29, 1.82) is 5.26 Å². The second kappa shape index (κ2) is 10.8. The lowest BCUT2D eigenvalue weighted by atomic mass is 9.98. The lowest BCUT2D eigenvalue weighted by Crippen LogP contribution is -2.12. The van der Waals surface area contributed by atoms with E-state index in [-0.39, 0.29) is 18.1 Å². The molecule has 4 aromatic rings. The van der Waals surface area contributed by atoms with Crippen LogP contribution >= 0.6 is 11.8 Å². The summed E-state index contributed by atoms with van der Waals surface area (Å²) in [5.41, 5.74) is 5.66. The minimum Gasteiger partial charge on any atom is -0.326 e. The first-order valence-electron chi connectivity index (χ1n) is 10.8. The molecule has 0 unspecified atom stereocenters. The molecule has 4 rings (SSSR count). The van der Waals surface area contributed by atoms with Crippen LogP contribution in [0.3, 0.4) is 0 Å². The number of carbonyl (C=O) groups excluding carboxylic acids is 1. The number of anilines is 1. The molecule has 34 heavy (non-hydrogen) atoms. The fraction of sp³-hybridized carbons (Fsp3) is 0.107. The van der Waals surface area contributed by atoms with E-state index in [0.29, 0.717) is 22.0 Å². The van der Waals surface area contributed by atoms with Crippen molar-refractivity contribution in [3.8, 4) is 28.5 Å². The smallest absolute Gasteiger partial charge is 0.225 e. The number of pyridine rings is 1. The number of amides is 1.